The average Bonchev–Trinajstić information content (AvgIpc) is 2.69. The van der Waals surface area contributed by atoms with Crippen LogP contribution in [0.3, 0.4) is 0 Å². The number of hydrogen-bond acceptors (Lipinski definition) is 2. The maximum atomic E-state index is 4.70. The average molecular weight is 349 g/mol. The van der Waals surface area contributed by atoms with E-state index in [0.29, 0.717) is 0 Å². The van der Waals surface area contributed by atoms with Crippen LogP contribution >= 0.6 is 0 Å². The molecule has 0 aliphatic rings. The van der Waals surface area contributed by atoms with Crippen LogP contribution in [0.2, 0.25) is 0 Å². The molecule has 0 aliphatic heterocycles. The van der Waals surface area contributed by atoms with E-state index in [2.05, 4.69) is 38.1 Å². The summed E-state index contributed by atoms with van der Waals surface area (Å²) in [6.45, 7) is 4.56. The number of nitrogens with zero attached hydrogens (tertiary/aromatic N) is 2. The molecule has 0 radical (unpaired) electrons. The standard InChI is InChI=1S/C24H32N2/c1-3-5-7-9-13-19-20(14-10-8-6-4-2)22-16-12-18-26-24(22)23-21(19)15-11-17-25-23/h11-12,15-18H,3-10,13-14H2,1-2H3. The van der Waals surface area contributed by atoms with Gasteiger partial charge in [0.15, 0.2) is 0 Å². The highest BCUT2D eigenvalue weighted by Crippen LogP contribution is 2.33. The topological polar surface area (TPSA) is 25.8 Å². The van der Waals surface area contributed by atoms with Crippen molar-refractivity contribution < 1.29 is 0 Å². The highest BCUT2D eigenvalue weighted by molar-refractivity contribution is 6.06. The second kappa shape index (κ2) is 9.66. The van der Waals surface area contributed by atoms with Crippen molar-refractivity contribution in [2.24, 2.45) is 0 Å². The molecule has 0 atom stereocenters. The quantitative estimate of drug-likeness (QED) is 0.290. The fourth-order valence-corrected chi connectivity index (χ4v) is 4.03. The Labute approximate surface area is 158 Å². The lowest BCUT2D eigenvalue weighted by atomic mass is 9.90. The Morgan fingerprint density at radius 2 is 1.08 bits per heavy atom. The molecule has 3 aromatic rings. The first-order chi connectivity index (χ1) is 12.9. The molecule has 3 rings (SSSR count). The van der Waals surface area contributed by atoms with Gasteiger partial charge in [-0.1, -0.05) is 64.5 Å². The summed E-state index contributed by atoms with van der Waals surface area (Å²) in [6.07, 6.45) is 16.5. The lowest BCUT2D eigenvalue weighted by molar-refractivity contribution is 0.653. The molecule has 2 heterocycles. The normalized spacial score (nSPS) is 11.5. The van der Waals surface area contributed by atoms with E-state index in [9.17, 15) is 0 Å². The highest BCUT2D eigenvalue weighted by atomic mass is 14.7. The van der Waals surface area contributed by atoms with Gasteiger partial charge in [0, 0.05) is 23.2 Å². The fourth-order valence-electron chi connectivity index (χ4n) is 4.03. The zero-order valence-electron chi connectivity index (χ0n) is 16.4. The summed E-state index contributed by atoms with van der Waals surface area (Å²) in [5.74, 6) is 0. The third kappa shape index (κ3) is 4.23. The summed E-state index contributed by atoms with van der Waals surface area (Å²) in [4.78, 5) is 9.41. The summed E-state index contributed by atoms with van der Waals surface area (Å²) >= 11 is 0. The van der Waals surface area contributed by atoms with Crippen molar-refractivity contribution in [3.63, 3.8) is 0 Å². The molecule has 2 aromatic heterocycles. The number of aryl methyl sites for hydroxylation is 2. The first kappa shape index (κ1) is 18.8. The van der Waals surface area contributed by atoms with Crippen LogP contribution in [0, 0.1) is 0 Å². The van der Waals surface area contributed by atoms with Crippen LogP contribution in [0.1, 0.15) is 76.3 Å². The van der Waals surface area contributed by atoms with Gasteiger partial charge in [-0.25, -0.2) is 0 Å². The van der Waals surface area contributed by atoms with Crippen molar-refractivity contribution in [3.8, 4) is 0 Å². The van der Waals surface area contributed by atoms with Gasteiger partial charge in [0.1, 0.15) is 0 Å². The third-order valence-electron chi connectivity index (χ3n) is 5.41. The Kier molecular flexibility index (Phi) is 6.99. The van der Waals surface area contributed by atoms with Crippen molar-refractivity contribution in [3.05, 3.63) is 47.8 Å². The van der Waals surface area contributed by atoms with Crippen LogP contribution in [0.25, 0.3) is 21.8 Å². The first-order valence-electron chi connectivity index (χ1n) is 10.5. The van der Waals surface area contributed by atoms with E-state index in [0.717, 1.165) is 23.9 Å². The lowest BCUT2D eigenvalue weighted by Gasteiger charge is -2.16. The minimum absolute atomic E-state index is 1.07. The molecule has 0 fully saturated rings. The van der Waals surface area contributed by atoms with Crippen molar-refractivity contribution in [1.82, 2.24) is 9.97 Å². The number of benzene rings is 1. The molecule has 0 saturated carbocycles. The number of aromatic nitrogens is 2. The van der Waals surface area contributed by atoms with Crippen LogP contribution in [0.15, 0.2) is 36.7 Å². The minimum atomic E-state index is 1.07. The molecule has 0 saturated heterocycles. The van der Waals surface area contributed by atoms with Crippen LogP contribution in [-0.4, -0.2) is 9.97 Å². The third-order valence-corrected chi connectivity index (χ3v) is 5.41. The minimum Gasteiger partial charge on any atom is -0.254 e. The van der Waals surface area contributed by atoms with E-state index >= 15 is 0 Å². The van der Waals surface area contributed by atoms with Crippen LogP contribution in [0.5, 0.6) is 0 Å². The van der Waals surface area contributed by atoms with Crippen LogP contribution in [0.4, 0.5) is 0 Å². The van der Waals surface area contributed by atoms with Gasteiger partial charge in [-0.05, 0) is 48.9 Å². The van der Waals surface area contributed by atoms with Gasteiger partial charge in [0.2, 0.25) is 0 Å². The second-order valence-corrected chi connectivity index (χ2v) is 7.38. The van der Waals surface area contributed by atoms with Gasteiger partial charge < -0.3 is 0 Å². The second-order valence-electron chi connectivity index (χ2n) is 7.38. The van der Waals surface area contributed by atoms with Gasteiger partial charge >= 0.3 is 0 Å². The van der Waals surface area contributed by atoms with Crippen molar-refractivity contribution >= 4 is 21.8 Å². The summed E-state index contributed by atoms with van der Waals surface area (Å²) in [7, 11) is 0. The van der Waals surface area contributed by atoms with E-state index in [4.69, 9.17) is 9.97 Å². The Hall–Kier alpha value is -1.96. The molecule has 0 N–H and O–H groups in total. The molecule has 138 valence electrons. The summed E-state index contributed by atoms with van der Waals surface area (Å²) in [5, 5.41) is 2.64. The molecule has 0 amide bonds. The maximum absolute atomic E-state index is 4.70. The van der Waals surface area contributed by atoms with E-state index in [-0.39, 0.29) is 0 Å². The van der Waals surface area contributed by atoms with Crippen molar-refractivity contribution in [1.29, 1.82) is 0 Å². The molecule has 26 heavy (non-hydrogen) atoms. The zero-order valence-corrected chi connectivity index (χ0v) is 16.4. The smallest absolute Gasteiger partial charge is 0.0967 e. The molecule has 0 spiro atoms. The number of unbranched alkanes of at least 4 members (excludes halogenated alkanes) is 6. The van der Waals surface area contributed by atoms with Crippen LogP contribution < -0.4 is 0 Å². The first-order valence-corrected chi connectivity index (χ1v) is 10.5. The predicted molar refractivity (Wildman–Crippen MR) is 113 cm³/mol. The summed E-state index contributed by atoms with van der Waals surface area (Å²) in [6, 6.07) is 8.66. The number of rotatable bonds is 10. The molecule has 0 aliphatic carbocycles. The zero-order chi connectivity index (χ0) is 18.2. The van der Waals surface area contributed by atoms with Gasteiger partial charge in [0.05, 0.1) is 11.0 Å². The SMILES string of the molecule is CCCCCCc1c(CCCCCC)c2cccnc2c2ncccc12. The Morgan fingerprint density at radius 3 is 1.50 bits per heavy atom. The number of hydrogen-bond donors (Lipinski definition) is 0. The van der Waals surface area contributed by atoms with Crippen LogP contribution in [-0.2, 0) is 12.8 Å². The van der Waals surface area contributed by atoms with E-state index in [1.54, 1.807) is 0 Å². The molecule has 1 aromatic carbocycles. The fraction of sp³-hybridized carbons (Fsp3) is 0.500. The van der Waals surface area contributed by atoms with Gasteiger partial charge in [-0.15, -0.1) is 0 Å². The maximum Gasteiger partial charge on any atom is 0.0967 e. The Morgan fingerprint density at radius 1 is 0.615 bits per heavy atom. The largest absolute Gasteiger partial charge is 0.254 e. The molecular formula is C24H32N2. The summed E-state index contributed by atoms with van der Waals surface area (Å²) < 4.78 is 0. The van der Waals surface area contributed by atoms with E-state index in [1.807, 2.05) is 12.4 Å². The molecule has 0 unspecified atom stereocenters. The van der Waals surface area contributed by atoms with Crippen molar-refractivity contribution in [2.45, 2.75) is 78.1 Å². The van der Waals surface area contributed by atoms with E-state index in [1.165, 1.54) is 73.3 Å². The molecule has 2 nitrogen and oxygen atoms in total. The van der Waals surface area contributed by atoms with E-state index < -0.39 is 0 Å². The van der Waals surface area contributed by atoms with Gasteiger partial charge in [-0.3, -0.25) is 9.97 Å². The summed E-state index contributed by atoms with van der Waals surface area (Å²) in [5.41, 5.74) is 5.21. The number of fused-ring (bicyclic) bond motifs is 3. The highest BCUT2D eigenvalue weighted by Gasteiger charge is 2.15. The monoisotopic (exact) mass is 348 g/mol. The van der Waals surface area contributed by atoms with Gasteiger partial charge in [0.25, 0.3) is 0 Å². The molecule has 0 bridgehead atoms. The lowest BCUT2D eigenvalue weighted by Crippen LogP contribution is -2.01. The number of pyridine rings is 2. The Balaban J connectivity index is 2.05. The Bertz CT molecular complexity index is 767. The molecular weight excluding hydrogens is 316 g/mol. The molecule has 2 heteroatoms. The van der Waals surface area contributed by atoms with Crippen molar-refractivity contribution in [2.75, 3.05) is 0 Å². The van der Waals surface area contributed by atoms with Gasteiger partial charge in [-0.2, -0.15) is 0 Å². The predicted octanol–water partition coefficient (Wildman–Crippen LogP) is 7.03.